The number of carbonyl (C=O) groups is 2. The lowest BCUT2D eigenvalue weighted by atomic mass is 10.0. The molecule has 0 heterocycles. The zero-order chi connectivity index (χ0) is 51.4. The summed E-state index contributed by atoms with van der Waals surface area (Å²) >= 11 is 0. The van der Waals surface area contributed by atoms with Crippen molar-refractivity contribution in [1.82, 2.24) is 5.32 Å². The van der Waals surface area contributed by atoms with E-state index in [-0.39, 0.29) is 18.5 Å². The maximum Gasteiger partial charge on any atom is 0.305 e. The van der Waals surface area contributed by atoms with E-state index in [4.69, 9.17) is 4.74 Å². The van der Waals surface area contributed by atoms with Crippen LogP contribution in [-0.2, 0) is 14.3 Å². The number of ether oxygens (including phenoxy) is 1. The molecule has 0 bridgehead atoms. The predicted molar refractivity (Wildman–Crippen MR) is 310 cm³/mol. The van der Waals surface area contributed by atoms with Crippen LogP contribution in [0.1, 0.15) is 367 Å². The van der Waals surface area contributed by atoms with Crippen LogP contribution in [0, 0.1) is 0 Å². The van der Waals surface area contributed by atoms with Gasteiger partial charge in [0, 0.05) is 12.8 Å². The molecule has 0 saturated heterocycles. The second kappa shape index (κ2) is 61.1. The summed E-state index contributed by atoms with van der Waals surface area (Å²) in [6.45, 7) is 4.92. The number of hydrogen-bond donors (Lipinski definition) is 3. The summed E-state index contributed by atoms with van der Waals surface area (Å²) in [4.78, 5) is 24.4. The zero-order valence-corrected chi connectivity index (χ0v) is 48.2. The van der Waals surface area contributed by atoms with Gasteiger partial charge in [-0.2, -0.15) is 0 Å². The monoisotopic (exact) mass is 1000 g/mol. The SMILES string of the molecule is CCCC/C=C\CCCCCCCC(=O)OCCCCCCCCCCCCCCCCCCCCCCCCCCCCCCCCCCCC(=O)NC(CO)C(O)CCCCCCCCCCCC. The van der Waals surface area contributed by atoms with Crippen molar-refractivity contribution in [2.75, 3.05) is 13.2 Å². The number of aliphatic hydroxyl groups is 2. The van der Waals surface area contributed by atoms with Gasteiger partial charge in [0.25, 0.3) is 0 Å². The Morgan fingerprint density at radius 3 is 1.04 bits per heavy atom. The number of nitrogens with one attached hydrogen (secondary N) is 1. The third kappa shape index (κ3) is 57.7. The summed E-state index contributed by atoms with van der Waals surface area (Å²) in [5.41, 5.74) is 0. The molecule has 2 atom stereocenters. The molecule has 0 rings (SSSR count). The van der Waals surface area contributed by atoms with Crippen LogP contribution in [0.2, 0.25) is 0 Å². The van der Waals surface area contributed by atoms with E-state index < -0.39 is 12.1 Å². The Balaban J connectivity index is 3.28. The van der Waals surface area contributed by atoms with Gasteiger partial charge in [-0.15, -0.1) is 0 Å². The van der Waals surface area contributed by atoms with E-state index in [1.807, 2.05) is 0 Å². The molecule has 0 aliphatic carbocycles. The van der Waals surface area contributed by atoms with Gasteiger partial charge in [-0.1, -0.05) is 321 Å². The standard InChI is InChI=1S/C65H127NO5/c1-3-5-7-9-11-13-38-43-47-51-55-59-65(70)71-60-56-52-48-44-40-37-35-33-31-29-27-25-23-21-19-17-15-16-18-20-22-24-26-28-30-32-34-36-39-42-46-50-54-58-64(69)66-62(61-67)63(68)57-53-49-45-41-14-12-10-8-6-4-2/h9,11,62-63,67-68H,3-8,10,12-61H2,1-2H3,(H,66,69)/b11-9-. The molecule has 6 heteroatoms. The first-order chi connectivity index (χ1) is 35.0. The van der Waals surface area contributed by atoms with Crippen LogP contribution in [-0.4, -0.2) is 47.4 Å². The average molecular weight is 1000 g/mol. The number of hydrogen-bond acceptors (Lipinski definition) is 5. The van der Waals surface area contributed by atoms with E-state index in [1.165, 1.54) is 289 Å². The minimum absolute atomic E-state index is 0.0109. The molecule has 0 radical (unpaired) electrons. The molecule has 0 aliphatic rings. The molecule has 0 aromatic carbocycles. The van der Waals surface area contributed by atoms with Gasteiger partial charge in [0.15, 0.2) is 0 Å². The molecule has 2 unspecified atom stereocenters. The summed E-state index contributed by atoms with van der Waals surface area (Å²) < 4.78 is 5.47. The molecule has 3 N–H and O–H groups in total. The summed E-state index contributed by atoms with van der Waals surface area (Å²) in [6, 6.07) is -0.535. The topological polar surface area (TPSA) is 95.9 Å². The Labute approximate surface area is 444 Å². The average Bonchev–Trinajstić information content (AvgIpc) is 3.37. The van der Waals surface area contributed by atoms with E-state index in [0.717, 1.165) is 44.9 Å². The molecule has 422 valence electrons. The van der Waals surface area contributed by atoms with Crippen LogP contribution < -0.4 is 5.32 Å². The third-order valence-electron chi connectivity index (χ3n) is 15.3. The predicted octanol–water partition coefficient (Wildman–Crippen LogP) is 20.4. The van der Waals surface area contributed by atoms with E-state index in [0.29, 0.717) is 25.9 Å². The van der Waals surface area contributed by atoms with Crippen molar-refractivity contribution in [2.45, 2.75) is 379 Å². The van der Waals surface area contributed by atoms with Gasteiger partial charge in [0.2, 0.25) is 5.91 Å². The number of rotatable bonds is 61. The minimum atomic E-state index is -0.658. The Hall–Kier alpha value is -1.40. The number of carbonyl (C=O) groups excluding carboxylic acids is 2. The fourth-order valence-electron chi connectivity index (χ4n) is 10.3. The Morgan fingerprint density at radius 1 is 0.380 bits per heavy atom. The van der Waals surface area contributed by atoms with Crippen LogP contribution in [0.25, 0.3) is 0 Å². The van der Waals surface area contributed by atoms with Crippen molar-refractivity contribution in [2.24, 2.45) is 0 Å². The largest absolute Gasteiger partial charge is 0.466 e. The zero-order valence-electron chi connectivity index (χ0n) is 48.2. The van der Waals surface area contributed by atoms with Gasteiger partial charge in [-0.3, -0.25) is 9.59 Å². The van der Waals surface area contributed by atoms with E-state index in [2.05, 4.69) is 31.3 Å². The first-order valence-corrected chi connectivity index (χ1v) is 32.4. The quantitative estimate of drug-likeness (QED) is 0.0320. The van der Waals surface area contributed by atoms with Gasteiger partial charge >= 0.3 is 5.97 Å². The van der Waals surface area contributed by atoms with Crippen LogP contribution >= 0.6 is 0 Å². The van der Waals surface area contributed by atoms with Gasteiger partial charge < -0.3 is 20.3 Å². The second-order valence-corrected chi connectivity index (χ2v) is 22.5. The van der Waals surface area contributed by atoms with Crippen molar-refractivity contribution in [3.63, 3.8) is 0 Å². The van der Waals surface area contributed by atoms with Crippen molar-refractivity contribution in [3.8, 4) is 0 Å². The fraction of sp³-hybridized carbons (Fsp3) is 0.938. The van der Waals surface area contributed by atoms with Crippen molar-refractivity contribution >= 4 is 11.9 Å². The van der Waals surface area contributed by atoms with Gasteiger partial charge in [-0.05, 0) is 44.9 Å². The van der Waals surface area contributed by atoms with E-state index in [9.17, 15) is 19.8 Å². The summed E-state index contributed by atoms with van der Waals surface area (Å²) in [7, 11) is 0. The molecule has 0 saturated carbocycles. The second-order valence-electron chi connectivity index (χ2n) is 22.5. The lowest BCUT2D eigenvalue weighted by Crippen LogP contribution is -2.45. The van der Waals surface area contributed by atoms with Crippen molar-refractivity contribution < 1.29 is 24.5 Å². The number of unbranched alkanes of at least 4 members (excludes halogenated alkanes) is 48. The summed E-state index contributed by atoms with van der Waals surface area (Å²) in [6.07, 6.45) is 74.1. The highest BCUT2D eigenvalue weighted by atomic mass is 16.5. The van der Waals surface area contributed by atoms with E-state index >= 15 is 0 Å². The minimum Gasteiger partial charge on any atom is -0.466 e. The molecule has 71 heavy (non-hydrogen) atoms. The van der Waals surface area contributed by atoms with Crippen molar-refractivity contribution in [1.29, 1.82) is 0 Å². The number of amides is 1. The van der Waals surface area contributed by atoms with Gasteiger partial charge in [0.05, 0.1) is 25.4 Å². The van der Waals surface area contributed by atoms with Gasteiger partial charge in [0.1, 0.15) is 0 Å². The molecular formula is C65H127NO5. The molecule has 6 nitrogen and oxygen atoms in total. The van der Waals surface area contributed by atoms with Crippen LogP contribution in [0.3, 0.4) is 0 Å². The highest BCUT2D eigenvalue weighted by Crippen LogP contribution is 2.19. The molecule has 0 aliphatic heterocycles. The Kier molecular flexibility index (Phi) is 59.9. The maximum atomic E-state index is 12.4. The molecule has 1 amide bonds. The van der Waals surface area contributed by atoms with Gasteiger partial charge in [-0.25, -0.2) is 0 Å². The number of aliphatic hydroxyl groups excluding tert-OH is 2. The highest BCUT2D eigenvalue weighted by molar-refractivity contribution is 5.76. The highest BCUT2D eigenvalue weighted by Gasteiger charge is 2.20. The molecule has 0 aromatic heterocycles. The summed E-state index contributed by atoms with van der Waals surface area (Å²) in [5, 5.41) is 23.2. The molecule has 0 aromatic rings. The smallest absolute Gasteiger partial charge is 0.305 e. The first kappa shape index (κ1) is 69.6. The Morgan fingerprint density at radius 2 is 0.676 bits per heavy atom. The molecular weight excluding hydrogens is 875 g/mol. The number of esters is 1. The molecule has 0 spiro atoms. The molecule has 0 fully saturated rings. The van der Waals surface area contributed by atoms with Crippen molar-refractivity contribution in [3.05, 3.63) is 12.2 Å². The fourth-order valence-corrected chi connectivity index (χ4v) is 10.3. The lowest BCUT2D eigenvalue weighted by Gasteiger charge is -2.22. The van der Waals surface area contributed by atoms with Crippen LogP contribution in [0.5, 0.6) is 0 Å². The number of allylic oxidation sites excluding steroid dienone is 2. The summed E-state index contributed by atoms with van der Waals surface area (Å²) in [5.74, 6) is -0.0191. The van der Waals surface area contributed by atoms with Crippen LogP contribution in [0.4, 0.5) is 0 Å². The van der Waals surface area contributed by atoms with Crippen LogP contribution in [0.15, 0.2) is 12.2 Å². The maximum absolute atomic E-state index is 12.4. The normalized spacial score (nSPS) is 12.6. The third-order valence-corrected chi connectivity index (χ3v) is 15.3. The lowest BCUT2D eigenvalue weighted by molar-refractivity contribution is -0.143. The first-order valence-electron chi connectivity index (χ1n) is 32.4. The van der Waals surface area contributed by atoms with E-state index in [1.54, 1.807) is 0 Å². The Bertz CT molecular complexity index is 1060.